The van der Waals surface area contributed by atoms with Crippen LogP contribution in [0.15, 0.2) is 41.8 Å². The lowest BCUT2D eigenvalue weighted by atomic mass is 10.1. The van der Waals surface area contributed by atoms with Crippen molar-refractivity contribution >= 4 is 29.4 Å². The van der Waals surface area contributed by atoms with E-state index >= 15 is 0 Å². The van der Waals surface area contributed by atoms with Crippen LogP contribution in [0.2, 0.25) is 0 Å². The van der Waals surface area contributed by atoms with E-state index in [1.807, 2.05) is 24.3 Å². The fraction of sp³-hybridized carbons (Fsp3) is 0.333. The van der Waals surface area contributed by atoms with Crippen LogP contribution in [0.1, 0.15) is 12.8 Å². The van der Waals surface area contributed by atoms with Crippen molar-refractivity contribution in [3.63, 3.8) is 0 Å². The van der Waals surface area contributed by atoms with Crippen LogP contribution in [0, 0.1) is 0 Å². The van der Waals surface area contributed by atoms with E-state index in [4.69, 9.17) is 5.11 Å². The van der Waals surface area contributed by atoms with Crippen LogP contribution in [-0.2, 0) is 4.79 Å². The summed E-state index contributed by atoms with van der Waals surface area (Å²) in [5, 5.41) is 12.1. The normalized spacial score (nSPS) is 15.5. The molecule has 1 saturated heterocycles. The molecule has 0 radical (unpaired) electrons. The number of thioether (sulfide) groups is 1. The Morgan fingerprint density at radius 2 is 1.90 bits per heavy atom. The third kappa shape index (κ3) is 4.53. The molecule has 0 spiro atoms. The molecule has 0 saturated carbocycles. The molecule has 5 nitrogen and oxygen atoms in total. The molecule has 2 N–H and O–H groups in total. The molecule has 1 heterocycles. The molecule has 112 valence electrons. The number of rotatable bonds is 4. The highest BCUT2D eigenvalue weighted by atomic mass is 32.2. The van der Waals surface area contributed by atoms with E-state index in [9.17, 15) is 9.59 Å². The molecule has 1 aromatic carbocycles. The fourth-order valence-corrected chi connectivity index (χ4v) is 3.29. The summed E-state index contributed by atoms with van der Waals surface area (Å²) in [6, 6.07) is 7.64. The summed E-state index contributed by atoms with van der Waals surface area (Å²) in [5.74, 6) is -0.226. The molecule has 1 fully saturated rings. The first kappa shape index (κ1) is 15.4. The molecule has 1 aromatic rings. The Balaban J connectivity index is 1.85. The number of hydrogen-bond acceptors (Lipinski definition) is 3. The average molecular weight is 306 g/mol. The molecule has 0 unspecified atom stereocenters. The predicted molar refractivity (Wildman–Crippen MR) is 83.7 cm³/mol. The SMILES string of the molecule is C=CC(=O)Nc1ccc(SC2CCN(C(=O)O)CC2)cc1. The maximum Gasteiger partial charge on any atom is 0.407 e. The molecule has 2 rings (SSSR count). The molecule has 1 aliphatic heterocycles. The van der Waals surface area contributed by atoms with Crippen LogP contribution in [0.25, 0.3) is 0 Å². The van der Waals surface area contributed by atoms with Gasteiger partial charge in [-0.05, 0) is 43.2 Å². The number of amides is 2. The van der Waals surface area contributed by atoms with Gasteiger partial charge in [0, 0.05) is 28.9 Å². The van der Waals surface area contributed by atoms with Gasteiger partial charge in [0.25, 0.3) is 0 Å². The summed E-state index contributed by atoms with van der Waals surface area (Å²) in [6.45, 7) is 4.60. The van der Waals surface area contributed by atoms with Gasteiger partial charge in [0.2, 0.25) is 5.91 Å². The standard InChI is InChI=1S/C15H18N2O3S/c1-2-14(18)16-11-3-5-12(6-4-11)21-13-7-9-17(10-8-13)15(19)20/h2-6,13H,1,7-10H2,(H,16,18)(H,19,20). The zero-order valence-corrected chi connectivity index (χ0v) is 12.4. The van der Waals surface area contributed by atoms with Gasteiger partial charge in [0.1, 0.15) is 0 Å². The Morgan fingerprint density at radius 3 is 2.43 bits per heavy atom. The van der Waals surface area contributed by atoms with Crippen molar-refractivity contribution in [1.82, 2.24) is 4.90 Å². The van der Waals surface area contributed by atoms with E-state index < -0.39 is 6.09 Å². The minimum atomic E-state index is -0.833. The Labute approximate surface area is 128 Å². The van der Waals surface area contributed by atoms with Gasteiger partial charge >= 0.3 is 6.09 Å². The Kier molecular flexibility index (Phi) is 5.27. The van der Waals surface area contributed by atoms with Gasteiger partial charge in [-0.15, -0.1) is 11.8 Å². The number of carboxylic acid groups (broad SMARTS) is 1. The van der Waals surface area contributed by atoms with Crippen LogP contribution in [0.3, 0.4) is 0 Å². The van der Waals surface area contributed by atoms with E-state index in [1.165, 1.54) is 11.0 Å². The van der Waals surface area contributed by atoms with E-state index in [1.54, 1.807) is 11.8 Å². The number of nitrogens with one attached hydrogen (secondary N) is 1. The summed E-state index contributed by atoms with van der Waals surface area (Å²) < 4.78 is 0. The van der Waals surface area contributed by atoms with Gasteiger partial charge in [-0.25, -0.2) is 4.79 Å². The fourth-order valence-electron chi connectivity index (χ4n) is 2.17. The Morgan fingerprint density at radius 1 is 1.29 bits per heavy atom. The van der Waals surface area contributed by atoms with Crippen molar-refractivity contribution in [3.8, 4) is 0 Å². The molecule has 21 heavy (non-hydrogen) atoms. The minimum Gasteiger partial charge on any atom is -0.465 e. The smallest absolute Gasteiger partial charge is 0.407 e. The van der Waals surface area contributed by atoms with Crippen molar-refractivity contribution in [3.05, 3.63) is 36.9 Å². The summed E-state index contributed by atoms with van der Waals surface area (Å²) in [4.78, 5) is 24.6. The number of hydrogen-bond donors (Lipinski definition) is 2. The molecule has 2 amide bonds. The summed E-state index contributed by atoms with van der Waals surface area (Å²) in [6.07, 6.45) is 2.14. The third-order valence-corrected chi connectivity index (χ3v) is 4.67. The van der Waals surface area contributed by atoms with Gasteiger partial charge in [-0.2, -0.15) is 0 Å². The number of anilines is 1. The largest absolute Gasteiger partial charge is 0.465 e. The average Bonchev–Trinajstić information content (AvgIpc) is 2.49. The van der Waals surface area contributed by atoms with Crippen molar-refractivity contribution in [2.75, 3.05) is 18.4 Å². The van der Waals surface area contributed by atoms with Gasteiger partial charge < -0.3 is 15.3 Å². The monoisotopic (exact) mass is 306 g/mol. The van der Waals surface area contributed by atoms with Crippen LogP contribution >= 0.6 is 11.8 Å². The lowest BCUT2D eigenvalue weighted by molar-refractivity contribution is -0.111. The van der Waals surface area contributed by atoms with E-state index in [0.29, 0.717) is 18.3 Å². The number of benzene rings is 1. The van der Waals surface area contributed by atoms with Crippen molar-refractivity contribution in [1.29, 1.82) is 0 Å². The molecule has 6 heteroatoms. The highest BCUT2D eigenvalue weighted by Crippen LogP contribution is 2.31. The topological polar surface area (TPSA) is 69.6 Å². The van der Waals surface area contributed by atoms with E-state index in [2.05, 4.69) is 11.9 Å². The molecule has 0 bridgehead atoms. The lowest BCUT2D eigenvalue weighted by Crippen LogP contribution is -2.38. The van der Waals surface area contributed by atoms with Gasteiger partial charge in [-0.1, -0.05) is 6.58 Å². The Bertz CT molecular complexity index is 522. The second kappa shape index (κ2) is 7.17. The molecule has 1 aliphatic rings. The minimum absolute atomic E-state index is 0.226. The lowest BCUT2D eigenvalue weighted by Gasteiger charge is -2.29. The second-order valence-electron chi connectivity index (χ2n) is 4.80. The zero-order chi connectivity index (χ0) is 15.2. The first-order chi connectivity index (χ1) is 10.1. The number of carbonyl (C=O) groups is 2. The van der Waals surface area contributed by atoms with Gasteiger partial charge in [0.15, 0.2) is 0 Å². The van der Waals surface area contributed by atoms with Crippen LogP contribution < -0.4 is 5.32 Å². The van der Waals surface area contributed by atoms with E-state index in [0.717, 1.165) is 23.4 Å². The molecule has 0 aliphatic carbocycles. The van der Waals surface area contributed by atoms with Crippen molar-refractivity contribution < 1.29 is 14.7 Å². The quantitative estimate of drug-likeness (QED) is 0.839. The Hall–Kier alpha value is -1.95. The maximum atomic E-state index is 11.2. The number of likely N-dealkylation sites (tertiary alicyclic amines) is 1. The van der Waals surface area contributed by atoms with Gasteiger partial charge in [-0.3, -0.25) is 4.79 Å². The summed E-state index contributed by atoms with van der Waals surface area (Å²) in [5.41, 5.74) is 0.741. The number of piperidine rings is 1. The van der Waals surface area contributed by atoms with Gasteiger partial charge in [0.05, 0.1) is 0 Å². The van der Waals surface area contributed by atoms with Crippen molar-refractivity contribution in [2.24, 2.45) is 0 Å². The number of nitrogens with zero attached hydrogens (tertiary/aromatic N) is 1. The third-order valence-electron chi connectivity index (χ3n) is 3.32. The summed E-state index contributed by atoms with van der Waals surface area (Å²) in [7, 11) is 0. The highest BCUT2D eigenvalue weighted by Gasteiger charge is 2.22. The van der Waals surface area contributed by atoms with Crippen LogP contribution in [0.4, 0.5) is 10.5 Å². The van der Waals surface area contributed by atoms with Crippen molar-refractivity contribution in [2.45, 2.75) is 23.0 Å². The zero-order valence-electron chi connectivity index (χ0n) is 11.6. The molecule has 0 atom stereocenters. The predicted octanol–water partition coefficient (Wildman–Crippen LogP) is 3.05. The molecular formula is C15H18N2O3S. The van der Waals surface area contributed by atoms with Crippen LogP contribution in [-0.4, -0.2) is 40.3 Å². The maximum absolute atomic E-state index is 11.2. The molecular weight excluding hydrogens is 288 g/mol. The molecule has 0 aromatic heterocycles. The number of carbonyl (C=O) groups excluding carboxylic acids is 1. The van der Waals surface area contributed by atoms with E-state index in [-0.39, 0.29) is 5.91 Å². The summed E-state index contributed by atoms with van der Waals surface area (Å²) >= 11 is 1.76. The highest BCUT2D eigenvalue weighted by molar-refractivity contribution is 8.00. The first-order valence-electron chi connectivity index (χ1n) is 6.76. The van der Waals surface area contributed by atoms with Crippen LogP contribution in [0.5, 0.6) is 0 Å². The first-order valence-corrected chi connectivity index (χ1v) is 7.64. The second-order valence-corrected chi connectivity index (χ2v) is 6.18.